The van der Waals surface area contributed by atoms with Gasteiger partial charge >= 0.3 is 0 Å². The minimum Gasteiger partial charge on any atom is -0.396 e. The average Bonchev–Trinajstić information content (AvgIpc) is 2.55. The molecule has 1 fully saturated rings. The first-order valence-electron chi connectivity index (χ1n) is 8.71. The molecule has 1 aliphatic carbocycles. The van der Waals surface area contributed by atoms with Gasteiger partial charge in [-0.1, -0.05) is 29.8 Å². The Balaban J connectivity index is 1.92. The zero-order valence-corrected chi connectivity index (χ0v) is 14.5. The molecule has 1 aromatic carbocycles. The fourth-order valence-electron chi connectivity index (χ4n) is 3.26. The second-order valence-electron chi connectivity index (χ2n) is 6.84. The molecule has 0 aromatic heterocycles. The molecule has 1 aliphatic rings. The van der Waals surface area contributed by atoms with Crippen LogP contribution in [-0.2, 0) is 9.59 Å². The van der Waals surface area contributed by atoms with Crippen molar-refractivity contribution in [2.24, 2.45) is 5.92 Å². The number of hydrogen-bond donors (Lipinski definition) is 3. The molecule has 1 aromatic rings. The molecule has 2 rings (SSSR count). The second kappa shape index (κ2) is 8.83. The third-order valence-electron chi connectivity index (χ3n) is 4.72. The standard InChI is InChI=1S/C19H28N2O3/c1-13-3-7-16(8-4-13)18(20-14(2)23)11-19(24)21-17-9-5-15(12-22)6-10-17/h3-4,7-8,15,17-18,22H,5-6,9-12H2,1-2H3,(H,20,23)(H,21,24). The number of carbonyl (C=O) groups excluding carboxylic acids is 2. The van der Waals surface area contributed by atoms with E-state index in [2.05, 4.69) is 10.6 Å². The van der Waals surface area contributed by atoms with Crippen molar-refractivity contribution in [1.29, 1.82) is 0 Å². The van der Waals surface area contributed by atoms with Crippen LogP contribution >= 0.6 is 0 Å². The van der Waals surface area contributed by atoms with Crippen molar-refractivity contribution in [3.63, 3.8) is 0 Å². The van der Waals surface area contributed by atoms with Gasteiger partial charge in [0, 0.05) is 19.6 Å². The first-order valence-corrected chi connectivity index (χ1v) is 8.71. The zero-order chi connectivity index (χ0) is 17.5. The van der Waals surface area contributed by atoms with Gasteiger partial charge in [0.2, 0.25) is 11.8 Å². The third kappa shape index (κ3) is 5.64. The van der Waals surface area contributed by atoms with Crippen molar-refractivity contribution < 1.29 is 14.7 Å². The Kier molecular flexibility index (Phi) is 6.79. The number of aliphatic hydroxyl groups is 1. The minimum atomic E-state index is -0.308. The maximum atomic E-state index is 12.4. The molecule has 132 valence electrons. The minimum absolute atomic E-state index is 0.0400. The van der Waals surface area contributed by atoms with E-state index in [-0.39, 0.29) is 36.9 Å². The van der Waals surface area contributed by atoms with Crippen LogP contribution in [0.15, 0.2) is 24.3 Å². The number of hydrogen-bond acceptors (Lipinski definition) is 3. The summed E-state index contributed by atoms with van der Waals surface area (Å²) in [6.07, 6.45) is 3.96. The quantitative estimate of drug-likeness (QED) is 0.747. The molecule has 0 spiro atoms. The average molecular weight is 332 g/mol. The van der Waals surface area contributed by atoms with Crippen LogP contribution in [0.4, 0.5) is 0 Å². The van der Waals surface area contributed by atoms with Gasteiger partial charge in [0.1, 0.15) is 0 Å². The number of amides is 2. The number of nitrogens with one attached hydrogen (secondary N) is 2. The Morgan fingerprint density at radius 3 is 2.33 bits per heavy atom. The monoisotopic (exact) mass is 332 g/mol. The van der Waals surface area contributed by atoms with Gasteiger partial charge in [0.15, 0.2) is 0 Å². The second-order valence-corrected chi connectivity index (χ2v) is 6.84. The Morgan fingerprint density at radius 2 is 1.79 bits per heavy atom. The summed E-state index contributed by atoms with van der Waals surface area (Å²) in [7, 11) is 0. The molecule has 5 heteroatoms. The van der Waals surface area contributed by atoms with Crippen LogP contribution in [0.3, 0.4) is 0 Å². The van der Waals surface area contributed by atoms with Crippen LogP contribution in [0, 0.1) is 12.8 Å². The Labute approximate surface area is 143 Å². The number of benzene rings is 1. The van der Waals surface area contributed by atoms with E-state index in [1.54, 1.807) is 0 Å². The van der Waals surface area contributed by atoms with Crippen molar-refractivity contribution in [3.8, 4) is 0 Å². The Hall–Kier alpha value is -1.88. The molecule has 3 N–H and O–H groups in total. The Morgan fingerprint density at radius 1 is 1.17 bits per heavy atom. The summed E-state index contributed by atoms with van der Waals surface area (Å²) in [4.78, 5) is 23.9. The summed E-state index contributed by atoms with van der Waals surface area (Å²) in [6, 6.07) is 7.75. The van der Waals surface area contributed by atoms with Gasteiger partial charge < -0.3 is 15.7 Å². The number of carbonyl (C=O) groups is 2. The molecule has 5 nitrogen and oxygen atoms in total. The molecule has 0 heterocycles. The van der Waals surface area contributed by atoms with Crippen molar-refractivity contribution in [2.45, 2.75) is 58.0 Å². The first-order chi connectivity index (χ1) is 11.5. The molecule has 0 aliphatic heterocycles. The van der Waals surface area contributed by atoms with Gasteiger partial charge in [0.25, 0.3) is 0 Å². The lowest BCUT2D eigenvalue weighted by atomic mass is 9.86. The topological polar surface area (TPSA) is 78.4 Å². The lowest BCUT2D eigenvalue weighted by Gasteiger charge is -2.28. The highest BCUT2D eigenvalue weighted by Gasteiger charge is 2.23. The van der Waals surface area contributed by atoms with Crippen LogP contribution in [0.25, 0.3) is 0 Å². The summed E-state index contributed by atoms with van der Waals surface area (Å²) in [5.41, 5.74) is 2.08. The van der Waals surface area contributed by atoms with Crippen molar-refractivity contribution in [2.75, 3.05) is 6.61 Å². The van der Waals surface area contributed by atoms with E-state index in [4.69, 9.17) is 0 Å². The molecule has 2 amide bonds. The van der Waals surface area contributed by atoms with Gasteiger partial charge in [-0.3, -0.25) is 9.59 Å². The van der Waals surface area contributed by atoms with Crippen LogP contribution in [0.1, 0.15) is 56.2 Å². The summed E-state index contributed by atoms with van der Waals surface area (Å²) in [5, 5.41) is 15.1. The summed E-state index contributed by atoms with van der Waals surface area (Å²) in [5.74, 6) is 0.191. The van der Waals surface area contributed by atoms with Gasteiger partial charge in [-0.15, -0.1) is 0 Å². The molecule has 1 saturated carbocycles. The fourth-order valence-corrected chi connectivity index (χ4v) is 3.26. The maximum Gasteiger partial charge on any atom is 0.222 e. The smallest absolute Gasteiger partial charge is 0.222 e. The highest BCUT2D eigenvalue weighted by molar-refractivity contribution is 5.79. The van der Waals surface area contributed by atoms with Gasteiger partial charge in [-0.05, 0) is 44.1 Å². The Bertz CT molecular complexity index is 548. The number of aryl methyl sites for hydroxylation is 1. The predicted molar refractivity (Wildman–Crippen MR) is 93.3 cm³/mol. The van der Waals surface area contributed by atoms with E-state index >= 15 is 0 Å². The van der Waals surface area contributed by atoms with Crippen LogP contribution in [0.5, 0.6) is 0 Å². The molecule has 0 bridgehead atoms. The highest BCUT2D eigenvalue weighted by Crippen LogP contribution is 2.24. The zero-order valence-electron chi connectivity index (χ0n) is 14.5. The molecular weight excluding hydrogens is 304 g/mol. The SMILES string of the molecule is CC(=O)NC(CC(=O)NC1CCC(CO)CC1)c1ccc(C)cc1. The van der Waals surface area contributed by atoms with Gasteiger partial charge in [-0.25, -0.2) is 0 Å². The van der Waals surface area contributed by atoms with E-state index in [0.29, 0.717) is 5.92 Å². The van der Waals surface area contributed by atoms with Crippen LogP contribution in [-0.4, -0.2) is 29.6 Å². The first kappa shape index (κ1) is 18.5. The normalized spacial score (nSPS) is 21.8. The van der Waals surface area contributed by atoms with Crippen molar-refractivity contribution in [1.82, 2.24) is 10.6 Å². The molecule has 0 saturated heterocycles. The lowest BCUT2D eigenvalue weighted by molar-refractivity contribution is -0.123. The van der Waals surface area contributed by atoms with E-state index < -0.39 is 0 Å². The fraction of sp³-hybridized carbons (Fsp3) is 0.579. The van der Waals surface area contributed by atoms with E-state index in [0.717, 1.165) is 36.8 Å². The molecular formula is C19H28N2O3. The largest absolute Gasteiger partial charge is 0.396 e. The summed E-state index contributed by atoms with van der Waals surface area (Å²) < 4.78 is 0. The number of rotatable bonds is 6. The summed E-state index contributed by atoms with van der Waals surface area (Å²) in [6.45, 7) is 3.71. The molecule has 24 heavy (non-hydrogen) atoms. The van der Waals surface area contributed by atoms with E-state index in [9.17, 15) is 14.7 Å². The predicted octanol–water partition coefficient (Wildman–Crippen LogP) is 2.23. The van der Waals surface area contributed by atoms with Crippen molar-refractivity contribution >= 4 is 11.8 Å². The van der Waals surface area contributed by atoms with Crippen molar-refractivity contribution in [3.05, 3.63) is 35.4 Å². The number of aliphatic hydroxyl groups excluding tert-OH is 1. The molecule has 1 atom stereocenters. The van der Waals surface area contributed by atoms with E-state index in [1.165, 1.54) is 6.92 Å². The highest BCUT2D eigenvalue weighted by atomic mass is 16.3. The maximum absolute atomic E-state index is 12.4. The van der Waals surface area contributed by atoms with Gasteiger partial charge in [-0.2, -0.15) is 0 Å². The third-order valence-corrected chi connectivity index (χ3v) is 4.72. The van der Waals surface area contributed by atoms with E-state index in [1.807, 2.05) is 31.2 Å². The van der Waals surface area contributed by atoms with Crippen LogP contribution < -0.4 is 10.6 Å². The summed E-state index contributed by atoms with van der Waals surface area (Å²) >= 11 is 0. The van der Waals surface area contributed by atoms with Crippen LogP contribution in [0.2, 0.25) is 0 Å². The lowest BCUT2D eigenvalue weighted by Crippen LogP contribution is -2.40. The molecule has 1 unspecified atom stereocenters. The molecule has 0 radical (unpaired) electrons. The van der Waals surface area contributed by atoms with Gasteiger partial charge in [0.05, 0.1) is 12.5 Å².